The van der Waals surface area contributed by atoms with Crippen molar-refractivity contribution in [3.8, 4) is 50.7 Å². The lowest BCUT2D eigenvalue weighted by Crippen LogP contribution is -2.08. The van der Waals surface area contributed by atoms with E-state index in [0.717, 1.165) is 141 Å². The van der Waals surface area contributed by atoms with E-state index in [4.69, 9.17) is 23.8 Å². The normalized spacial score (nSPS) is 14.7. The summed E-state index contributed by atoms with van der Waals surface area (Å²) in [5.41, 5.74) is 16.1. The third-order valence-corrected chi connectivity index (χ3v) is 15.7. The molecule has 5 aromatic heterocycles. The summed E-state index contributed by atoms with van der Waals surface area (Å²) in [7, 11) is 0. The van der Waals surface area contributed by atoms with Crippen molar-refractivity contribution >= 4 is 93.2 Å². The molecule has 0 spiro atoms. The lowest BCUT2D eigenvalue weighted by atomic mass is 9.92. The first-order chi connectivity index (χ1) is 37.7. The smallest absolute Gasteiger partial charge is 0.163 e. The number of aromatic nitrogens is 5. The van der Waals surface area contributed by atoms with Gasteiger partial charge in [-0.05, 0) is 103 Å². The van der Waals surface area contributed by atoms with Gasteiger partial charge in [-0.2, -0.15) is 0 Å². The number of fused-ring (bicyclic) bond motifs is 14. The van der Waals surface area contributed by atoms with Gasteiger partial charge in [0.05, 0.1) is 38.5 Å². The molecule has 76 heavy (non-hydrogen) atoms. The molecule has 14 aromatic rings. The van der Waals surface area contributed by atoms with Gasteiger partial charge in [-0.1, -0.05) is 158 Å². The monoisotopic (exact) mass is 975 g/mol. The van der Waals surface area contributed by atoms with Crippen LogP contribution in [0.1, 0.15) is 31.0 Å². The van der Waals surface area contributed by atoms with Crippen molar-refractivity contribution in [3.63, 3.8) is 0 Å². The molecule has 9 aromatic carbocycles. The van der Waals surface area contributed by atoms with Crippen LogP contribution in [0.15, 0.2) is 239 Å². The second kappa shape index (κ2) is 16.8. The molecule has 0 aliphatic heterocycles. The first-order valence-electron chi connectivity index (χ1n) is 26.2. The molecule has 16 rings (SSSR count). The lowest BCUT2D eigenvalue weighted by Gasteiger charge is -2.21. The molecule has 7 heteroatoms. The Balaban J connectivity index is 0.963. The minimum Gasteiger partial charge on any atom is -0.456 e. The predicted octanol–water partition coefficient (Wildman–Crippen LogP) is 18.3. The maximum absolute atomic E-state index is 7.40. The van der Waals surface area contributed by atoms with Crippen LogP contribution < -0.4 is 0 Å². The molecule has 1 unspecified atom stereocenters. The number of allylic oxidation sites excluding steroid dienone is 8. The van der Waals surface area contributed by atoms with Crippen LogP contribution in [-0.2, 0) is 0 Å². The van der Waals surface area contributed by atoms with E-state index in [-0.39, 0.29) is 5.92 Å². The van der Waals surface area contributed by atoms with Gasteiger partial charge in [-0.15, -0.1) is 0 Å². The summed E-state index contributed by atoms with van der Waals surface area (Å²) in [6, 6.07) is 67.1. The molecular weight excluding hydrogens is 931 g/mol. The van der Waals surface area contributed by atoms with Gasteiger partial charge in [0.2, 0.25) is 0 Å². The second-order valence-electron chi connectivity index (χ2n) is 20.0. The Hall–Kier alpha value is -9.85. The topological polar surface area (TPSA) is 74.8 Å². The van der Waals surface area contributed by atoms with Crippen molar-refractivity contribution < 1.29 is 8.83 Å². The summed E-state index contributed by atoms with van der Waals surface area (Å²) < 4.78 is 18.7. The molecule has 7 nitrogen and oxygen atoms in total. The first-order valence-corrected chi connectivity index (χ1v) is 26.2. The number of para-hydroxylation sites is 3. The van der Waals surface area contributed by atoms with E-state index in [1.54, 1.807) is 0 Å². The van der Waals surface area contributed by atoms with Gasteiger partial charge in [0.25, 0.3) is 0 Å². The van der Waals surface area contributed by atoms with E-state index in [9.17, 15) is 0 Å². The molecular formula is C69H45N5O2. The van der Waals surface area contributed by atoms with E-state index in [0.29, 0.717) is 11.6 Å². The van der Waals surface area contributed by atoms with Crippen molar-refractivity contribution in [1.82, 2.24) is 24.1 Å². The third-order valence-electron chi connectivity index (χ3n) is 15.7. The van der Waals surface area contributed by atoms with E-state index >= 15 is 0 Å². The molecule has 0 saturated heterocycles. The van der Waals surface area contributed by atoms with Crippen LogP contribution in [0, 0.1) is 0 Å². The van der Waals surface area contributed by atoms with Gasteiger partial charge >= 0.3 is 0 Å². The molecule has 1 atom stereocenters. The van der Waals surface area contributed by atoms with Crippen LogP contribution in [0.3, 0.4) is 0 Å². The third kappa shape index (κ3) is 6.52. The van der Waals surface area contributed by atoms with Crippen LogP contribution in [0.5, 0.6) is 0 Å². The van der Waals surface area contributed by atoms with E-state index in [1.807, 2.05) is 18.2 Å². The number of furan rings is 2. The largest absolute Gasteiger partial charge is 0.456 e. The zero-order valence-electron chi connectivity index (χ0n) is 41.2. The maximum atomic E-state index is 7.40. The van der Waals surface area contributed by atoms with Gasteiger partial charge in [0, 0.05) is 66.2 Å². The van der Waals surface area contributed by atoms with Crippen molar-refractivity contribution in [1.29, 1.82) is 0 Å². The Kier molecular flexibility index (Phi) is 9.45. The van der Waals surface area contributed by atoms with Crippen LogP contribution >= 0.6 is 0 Å². The molecule has 0 fully saturated rings. The summed E-state index contributed by atoms with van der Waals surface area (Å²) in [4.78, 5) is 16.0. The van der Waals surface area contributed by atoms with E-state index < -0.39 is 0 Å². The Morgan fingerprint density at radius 2 is 1.01 bits per heavy atom. The van der Waals surface area contributed by atoms with Gasteiger partial charge in [-0.3, -0.25) is 0 Å². The van der Waals surface area contributed by atoms with Crippen molar-refractivity contribution in [3.05, 3.63) is 236 Å². The van der Waals surface area contributed by atoms with E-state index in [1.165, 1.54) is 16.6 Å². The summed E-state index contributed by atoms with van der Waals surface area (Å²) in [5.74, 6) is 1.90. The molecule has 2 aliphatic carbocycles. The van der Waals surface area contributed by atoms with Crippen LogP contribution in [0.25, 0.3) is 144 Å². The molecule has 5 heterocycles. The Labute approximate surface area is 436 Å². The molecule has 358 valence electrons. The predicted molar refractivity (Wildman–Crippen MR) is 312 cm³/mol. The fourth-order valence-corrected chi connectivity index (χ4v) is 12.2. The molecule has 0 saturated carbocycles. The number of rotatable bonds is 7. The standard InChI is InChI=1S/C69H45N5O2/c1-5-19-42(20-6-1)54-39-46(69-71-67(44-23-9-3-10-24-44)70-68(72-69)45-33-34-49-48-27-15-18-32-60(48)75-61(49)41-45)40-55(43-21-7-2-8-22-43)64(54)74-57-31-17-14-29-53(57)63-59(74)38-36-51-50-35-37-58-62(65(50)76-66(51)63)52-28-13-16-30-56(52)73(58)47-25-11-4-12-26-47/h1-3,5-11,13-23,25-41,44H,4,12,24H2. The quantitative estimate of drug-likeness (QED) is 0.159. The number of hydrogen-bond acceptors (Lipinski definition) is 5. The van der Waals surface area contributed by atoms with E-state index in [2.05, 4.69) is 222 Å². The maximum Gasteiger partial charge on any atom is 0.163 e. The van der Waals surface area contributed by atoms with Gasteiger partial charge in [0.1, 0.15) is 28.2 Å². The summed E-state index contributed by atoms with van der Waals surface area (Å²) in [6.07, 6.45) is 18.3. The first kappa shape index (κ1) is 42.6. The fraction of sp³-hybridized carbons (Fsp3) is 0.0580. The van der Waals surface area contributed by atoms with Crippen LogP contribution in [-0.4, -0.2) is 24.1 Å². The fourth-order valence-electron chi connectivity index (χ4n) is 12.2. The van der Waals surface area contributed by atoms with Crippen LogP contribution in [0.2, 0.25) is 0 Å². The summed E-state index contributed by atoms with van der Waals surface area (Å²) in [5, 5.41) is 8.83. The highest BCUT2D eigenvalue weighted by atomic mass is 16.3. The zero-order chi connectivity index (χ0) is 49.8. The average Bonchev–Trinajstić information content (AvgIpc) is 4.26. The number of benzene rings is 9. The Bertz CT molecular complexity index is 4790. The molecule has 0 radical (unpaired) electrons. The van der Waals surface area contributed by atoms with Gasteiger partial charge in [0.15, 0.2) is 11.6 Å². The van der Waals surface area contributed by atoms with Gasteiger partial charge < -0.3 is 18.0 Å². The van der Waals surface area contributed by atoms with Gasteiger partial charge in [-0.25, -0.2) is 15.0 Å². The summed E-state index contributed by atoms with van der Waals surface area (Å²) in [6.45, 7) is 0. The van der Waals surface area contributed by atoms with Crippen LogP contribution in [0.4, 0.5) is 0 Å². The van der Waals surface area contributed by atoms with Crippen molar-refractivity contribution in [2.75, 3.05) is 0 Å². The molecule has 2 aliphatic rings. The number of hydrogen-bond donors (Lipinski definition) is 0. The Morgan fingerprint density at radius 3 is 1.67 bits per heavy atom. The molecule has 0 amide bonds. The average molecular weight is 976 g/mol. The highest BCUT2D eigenvalue weighted by Gasteiger charge is 2.27. The number of nitrogens with zero attached hydrogens (tertiary/aromatic N) is 5. The highest BCUT2D eigenvalue weighted by molar-refractivity contribution is 6.29. The van der Waals surface area contributed by atoms with Crippen molar-refractivity contribution in [2.45, 2.75) is 25.2 Å². The minimum atomic E-state index is -0.0178. The second-order valence-corrected chi connectivity index (χ2v) is 20.0. The molecule has 0 N–H and O–H groups in total. The Morgan fingerprint density at radius 1 is 0.421 bits per heavy atom. The summed E-state index contributed by atoms with van der Waals surface area (Å²) >= 11 is 0. The lowest BCUT2D eigenvalue weighted by molar-refractivity contribution is 0.669. The van der Waals surface area contributed by atoms with Crippen molar-refractivity contribution in [2.24, 2.45) is 0 Å². The zero-order valence-corrected chi connectivity index (χ0v) is 41.2. The SMILES string of the molecule is C1=CCC(c2nc(-c3cc(-c4ccccc4)c(-n4c5ccccc5c5c6oc7c(ccc8c7c7ccccc7n8C7=CCCC=C7)c6ccc54)c(-c4ccccc4)c3)nc(-c3ccc4c(c3)oc3ccccc34)n2)C=C1. The molecule has 0 bridgehead atoms. The minimum absolute atomic E-state index is 0.0178. The highest BCUT2D eigenvalue weighted by Crippen LogP contribution is 2.48.